The third-order valence-corrected chi connectivity index (χ3v) is 3.55. The zero-order valence-electron chi connectivity index (χ0n) is 6.50. The van der Waals surface area contributed by atoms with E-state index < -0.39 is 7.29 Å². The summed E-state index contributed by atoms with van der Waals surface area (Å²) in [5.41, 5.74) is 0. The van der Waals surface area contributed by atoms with Crippen LogP contribution >= 0.6 is 19.1 Å². The van der Waals surface area contributed by atoms with Crippen LogP contribution in [-0.2, 0) is 23.1 Å². The molecule has 0 aromatic heterocycles. The van der Waals surface area contributed by atoms with Crippen molar-refractivity contribution >= 4 is 19.1 Å². The summed E-state index contributed by atoms with van der Waals surface area (Å²) in [6.07, 6.45) is 3.82. The molecule has 0 saturated heterocycles. The molecule has 1 atom stereocenters. The van der Waals surface area contributed by atoms with Crippen molar-refractivity contribution in [1.29, 1.82) is 0 Å². The fourth-order valence-electron chi connectivity index (χ4n) is 0.308. The molecule has 0 fully saturated rings. The minimum atomic E-state index is -2.09. The normalized spacial score (nSPS) is 15.5. The molecule has 0 bridgehead atoms. The molecule has 61 valence electrons. The number of nitrogens with one attached hydrogen (secondary N) is 1. The second-order valence-electron chi connectivity index (χ2n) is 1.85. The van der Waals surface area contributed by atoms with Crippen LogP contribution in [-0.4, -0.2) is 25.7 Å². The van der Waals surface area contributed by atoms with Crippen LogP contribution in [0.1, 0.15) is 0 Å². The monoisotopic (exact) mass is 217 g/mol. The zero-order chi connectivity index (χ0) is 7.33. The minimum Gasteiger partial charge on any atom is -0.342 e. The molecule has 1 unspecified atom stereocenters. The van der Waals surface area contributed by atoms with Gasteiger partial charge in [-0.2, -0.15) is 11.8 Å². The predicted molar refractivity (Wildman–Crippen MR) is 45.3 cm³/mol. The summed E-state index contributed by atoms with van der Waals surface area (Å²) in [5, 5.41) is 2.76. The van der Waals surface area contributed by atoms with Crippen LogP contribution in [0.4, 0.5) is 0 Å². The summed E-state index contributed by atoms with van der Waals surface area (Å²) in [4.78, 5) is 0. The first-order valence-electron chi connectivity index (χ1n) is 2.72. The SMILES string of the molecule is CNP(C)(=O)[CH-]CSC.[V]. The van der Waals surface area contributed by atoms with E-state index in [9.17, 15) is 4.57 Å². The number of hydrogen-bond donors (Lipinski definition) is 1. The second-order valence-corrected chi connectivity index (χ2v) is 5.56. The van der Waals surface area contributed by atoms with Gasteiger partial charge in [-0.15, -0.1) is 5.75 Å². The smallest absolute Gasteiger partial charge is 0.00967 e. The van der Waals surface area contributed by atoms with E-state index in [0.717, 1.165) is 5.75 Å². The van der Waals surface area contributed by atoms with Crippen LogP contribution < -0.4 is 5.09 Å². The van der Waals surface area contributed by atoms with Crippen molar-refractivity contribution in [2.45, 2.75) is 0 Å². The molecule has 0 heterocycles. The van der Waals surface area contributed by atoms with Crippen molar-refractivity contribution in [3.05, 3.63) is 6.16 Å². The van der Waals surface area contributed by atoms with Gasteiger partial charge in [-0.05, 0) is 20.0 Å². The average molecular weight is 217 g/mol. The Morgan fingerprint density at radius 3 is 2.50 bits per heavy atom. The van der Waals surface area contributed by atoms with Gasteiger partial charge >= 0.3 is 0 Å². The van der Waals surface area contributed by atoms with Gasteiger partial charge in [0, 0.05) is 25.8 Å². The van der Waals surface area contributed by atoms with Gasteiger partial charge in [-0.25, -0.2) is 6.16 Å². The third-order valence-electron chi connectivity index (χ3n) is 1.03. The molecule has 0 rings (SSSR count). The Morgan fingerprint density at radius 2 is 2.20 bits per heavy atom. The molecule has 0 aromatic rings. The Bertz CT molecular complexity index is 122. The molecular weight excluding hydrogens is 204 g/mol. The van der Waals surface area contributed by atoms with Crippen LogP contribution in [0.2, 0.25) is 0 Å². The summed E-state index contributed by atoms with van der Waals surface area (Å²) in [6.45, 7) is 1.73. The Kier molecular flexibility index (Phi) is 9.33. The Hall–Kier alpha value is 1.12. The molecule has 0 aliphatic rings. The van der Waals surface area contributed by atoms with Crippen LogP contribution in [0.25, 0.3) is 0 Å². The molecule has 0 saturated carbocycles. The summed E-state index contributed by atoms with van der Waals surface area (Å²) >= 11 is 1.68. The fraction of sp³-hybridized carbons (Fsp3) is 0.800. The minimum absolute atomic E-state index is 0. The Morgan fingerprint density at radius 1 is 1.70 bits per heavy atom. The van der Waals surface area contributed by atoms with E-state index >= 15 is 0 Å². The standard InChI is InChI=1S/C5H13NOPS.V/c1-6-8(2,7)4-5-9-3;/h4H,5H2,1-3H3,(H,6,7);/q-1;. The van der Waals surface area contributed by atoms with E-state index in [1.165, 1.54) is 0 Å². The second kappa shape index (κ2) is 6.81. The third kappa shape index (κ3) is 7.23. The summed E-state index contributed by atoms with van der Waals surface area (Å²) in [6, 6.07) is 0. The van der Waals surface area contributed by atoms with Crippen molar-refractivity contribution in [1.82, 2.24) is 5.09 Å². The van der Waals surface area contributed by atoms with Gasteiger partial charge in [0.05, 0.1) is 0 Å². The van der Waals surface area contributed by atoms with Crippen LogP contribution in [0.15, 0.2) is 0 Å². The van der Waals surface area contributed by atoms with Crippen molar-refractivity contribution in [2.75, 3.05) is 25.7 Å². The van der Waals surface area contributed by atoms with Gasteiger partial charge in [0.1, 0.15) is 0 Å². The van der Waals surface area contributed by atoms with E-state index in [1.54, 1.807) is 25.5 Å². The van der Waals surface area contributed by atoms with Gasteiger partial charge in [0.2, 0.25) is 0 Å². The van der Waals surface area contributed by atoms with E-state index in [-0.39, 0.29) is 18.6 Å². The van der Waals surface area contributed by atoms with Crippen LogP contribution in [0, 0.1) is 6.16 Å². The van der Waals surface area contributed by atoms with Gasteiger partial charge in [-0.3, -0.25) is 5.09 Å². The maximum absolute atomic E-state index is 11.2. The molecule has 0 aliphatic carbocycles. The van der Waals surface area contributed by atoms with E-state index in [1.807, 2.05) is 12.4 Å². The fourth-order valence-corrected chi connectivity index (χ4v) is 2.22. The Labute approximate surface area is 79.2 Å². The molecule has 5 heteroatoms. The molecule has 1 radical (unpaired) electrons. The largest absolute Gasteiger partial charge is 0.342 e. The van der Waals surface area contributed by atoms with Gasteiger partial charge in [0.25, 0.3) is 0 Å². The van der Waals surface area contributed by atoms with Crippen molar-refractivity contribution in [3.63, 3.8) is 0 Å². The predicted octanol–water partition coefficient (Wildman–Crippen LogP) is 1.64. The number of hydrogen-bond acceptors (Lipinski definition) is 2. The quantitative estimate of drug-likeness (QED) is 0.573. The Balaban J connectivity index is 0. The van der Waals surface area contributed by atoms with Gasteiger partial charge in [-0.1, -0.05) is 0 Å². The molecule has 0 aliphatic heterocycles. The average Bonchev–Trinajstić information content (AvgIpc) is 1.84. The molecule has 10 heavy (non-hydrogen) atoms. The van der Waals surface area contributed by atoms with Crippen molar-refractivity contribution in [2.24, 2.45) is 0 Å². The topological polar surface area (TPSA) is 29.1 Å². The molecule has 2 nitrogen and oxygen atoms in total. The van der Waals surface area contributed by atoms with E-state index in [0.29, 0.717) is 0 Å². The summed E-state index contributed by atoms with van der Waals surface area (Å²) in [5.74, 6) is 0.856. The maximum atomic E-state index is 11.2. The van der Waals surface area contributed by atoms with Gasteiger partial charge < -0.3 is 4.57 Å². The molecule has 0 spiro atoms. The first kappa shape index (κ1) is 13.7. The first-order valence-corrected chi connectivity index (χ1v) is 6.33. The molecule has 0 aromatic carbocycles. The number of rotatable bonds is 4. The zero-order valence-corrected chi connectivity index (χ0v) is 9.60. The van der Waals surface area contributed by atoms with E-state index in [4.69, 9.17) is 0 Å². The molecular formula is C5H13NOPSV-. The summed E-state index contributed by atoms with van der Waals surface area (Å²) < 4.78 is 11.2. The van der Waals surface area contributed by atoms with Crippen LogP contribution in [0.3, 0.4) is 0 Å². The first-order chi connectivity index (χ1) is 4.12. The molecule has 0 amide bonds. The van der Waals surface area contributed by atoms with Crippen LogP contribution in [0.5, 0.6) is 0 Å². The van der Waals surface area contributed by atoms with E-state index in [2.05, 4.69) is 5.09 Å². The van der Waals surface area contributed by atoms with Crippen molar-refractivity contribution < 1.29 is 23.1 Å². The maximum Gasteiger partial charge on any atom is 0.00967 e. The van der Waals surface area contributed by atoms with Gasteiger partial charge in [0.15, 0.2) is 0 Å². The number of thioether (sulfide) groups is 1. The molecule has 1 N–H and O–H groups in total. The summed E-state index contributed by atoms with van der Waals surface area (Å²) in [7, 11) is -0.366. The van der Waals surface area contributed by atoms with Crippen molar-refractivity contribution in [3.8, 4) is 0 Å².